The number of hydrogen-bond acceptors (Lipinski definition) is 5. The molecule has 0 unspecified atom stereocenters. The number of pyridine rings is 2. The molecule has 0 aliphatic heterocycles. The fourth-order valence-electron chi connectivity index (χ4n) is 2.69. The van der Waals surface area contributed by atoms with Gasteiger partial charge in [-0.25, -0.2) is 4.98 Å². The van der Waals surface area contributed by atoms with Gasteiger partial charge in [-0.05, 0) is 42.5 Å². The van der Waals surface area contributed by atoms with E-state index in [1.165, 1.54) is 0 Å². The molecule has 27 heavy (non-hydrogen) atoms. The summed E-state index contributed by atoms with van der Waals surface area (Å²) < 4.78 is 0. The Kier molecular flexibility index (Phi) is 5.63. The van der Waals surface area contributed by atoms with Crippen LogP contribution in [0.5, 0.6) is 11.5 Å². The second-order valence-corrected chi connectivity index (χ2v) is 5.73. The van der Waals surface area contributed by atoms with E-state index < -0.39 is 0 Å². The van der Waals surface area contributed by atoms with Crippen LogP contribution in [-0.4, -0.2) is 26.4 Å². The number of benzene rings is 2. The molecule has 4 rings (SSSR count). The maximum atomic E-state index is 10.1. The summed E-state index contributed by atoms with van der Waals surface area (Å²) in [4.78, 5) is 13.4. The van der Waals surface area contributed by atoms with Crippen molar-refractivity contribution in [2.45, 2.75) is 0 Å². The summed E-state index contributed by atoms with van der Waals surface area (Å²) >= 11 is 0. The maximum absolute atomic E-state index is 10.1. The van der Waals surface area contributed by atoms with E-state index in [0.717, 1.165) is 0 Å². The van der Waals surface area contributed by atoms with Crippen LogP contribution in [0.1, 0.15) is 5.56 Å². The zero-order chi connectivity index (χ0) is 17.9. The van der Waals surface area contributed by atoms with E-state index >= 15 is 0 Å². The van der Waals surface area contributed by atoms with Crippen molar-refractivity contribution in [2.75, 3.05) is 0 Å². The van der Waals surface area contributed by atoms with Crippen molar-refractivity contribution in [1.82, 2.24) is 9.97 Å². The van der Waals surface area contributed by atoms with E-state index in [2.05, 4.69) is 15.0 Å². The summed E-state index contributed by atoms with van der Waals surface area (Å²) in [5, 5.41) is 20.0. The van der Waals surface area contributed by atoms with Crippen molar-refractivity contribution in [3.63, 3.8) is 0 Å². The minimum absolute atomic E-state index is 0. The van der Waals surface area contributed by atoms with E-state index in [1.54, 1.807) is 48.8 Å². The first-order chi connectivity index (χ1) is 12.7. The molecular formula is C21H15N3O2Pt. The molecule has 0 saturated carbocycles. The van der Waals surface area contributed by atoms with Crippen molar-refractivity contribution < 1.29 is 31.3 Å². The molecule has 0 aliphatic rings. The van der Waals surface area contributed by atoms with E-state index in [1.807, 2.05) is 30.3 Å². The number of para-hydroxylation sites is 2. The number of aromatic nitrogens is 2. The Morgan fingerprint density at radius 1 is 0.815 bits per heavy atom. The first-order valence-electron chi connectivity index (χ1n) is 8.08. The molecule has 0 fully saturated rings. The van der Waals surface area contributed by atoms with E-state index in [-0.39, 0.29) is 32.6 Å². The van der Waals surface area contributed by atoms with E-state index in [9.17, 15) is 10.2 Å². The fraction of sp³-hybridized carbons (Fsp3) is 0. The average Bonchev–Trinajstić information content (AvgIpc) is 2.67. The summed E-state index contributed by atoms with van der Waals surface area (Å²) in [6, 6.07) is 19.5. The van der Waals surface area contributed by atoms with Gasteiger partial charge in [0.2, 0.25) is 0 Å². The molecule has 4 aromatic rings. The van der Waals surface area contributed by atoms with Gasteiger partial charge in [-0.1, -0.05) is 24.3 Å². The van der Waals surface area contributed by atoms with Gasteiger partial charge < -0.3 is 10.2 Å². The molecule has 5 nitrogen and oxygen atoms in total. The SMILES string of the molecule is Oc1ccccc1C=Nc1ccnc2ccc(-c3ccccc3O)nc12.[Pt]. The minimum atomic E-state index is 0. The molecule has 2 aromatic carbocycles. The first-order valence-corrected chi connectivity index (χ1v) is 8.08. The third-order valence-electron chi connectivity index (χ3n) is 4.02. The van der Waals surface area contributed by atoms with Gasteiger partial charge in [0.25, 0.3) is 0 Å². The van der Waals surface area contributed by atoms with Crippen LogP contribution in [-0.2, 0) is 21.1 Å². The Morgan fingerprint density at radius 2 is 1.56 bits per heavy atom. The Labute approximate surface area is 170 Å². The molecule has 136 valence electrons. The molecule has 2 aromatic heterocycles. The number of hydrogen-bond donors (Lipinski definition) is 2. The van der Waals surface area contributed by atoms with Gasteiger partial charge in [0, 0.05) is 44.6 Å². The minimum Gasteiger partial charge on any atom is -0.507 e. The molecule has 2 N–H and O–H groups in total. The summed E-state index contributed by atoms with van der Waals surface area (Å²) in [6.07, 6.45) is 3.26. The summed E-state index contributed by atoms with van der Waals surface area (Å²) in [6.45, 7) is 0. The largest absolute Gasteiger partial charge is 0.507 e. The van der Waals surface area contributed by atoms with Crippen molar-refractivity contribution in [3.8, 4) is 22.8 Å². The number of aliphatic imine (C=N–C) groups is 1. The van der Waals surface area contributed by atoms with Crippen LogP contribution in [0.25, 0.3) is 22.3 Å². The number of phenolic OH excluding ortho intramolecular Hbond substituents is 2. The maximum Gasteiger partial charge on any atom is 0.124 e. The number of fused-ring (bicyclic) bond motifs is 1. The third kappa shape index (κ3) is 3.88. The topological polar surface area (TPSA) is 78.6 Å². The van der Waals surface area contributed by atoms with Gasteiger partial charge in [0.05, 0.1) is 16.9 Å². The Morgan fingerprint density at radius 3 is 2.33 bits per heavy atom. The molecular weight excluding hydrogens is 521 g/mol. The summed E-state index contributed by atoms with van der Waals surface area (Å²) in [5.74, 6) is 0.333. The Balaban J connectivity index is 0.00000210. The van der Waals surface area contributed by atoms with E-state index in [4.69, 9.17) is 0 Å². The molecule has 2 heterocycles. The molecule has 0 amide bonds. The number of nitrogens with zero attached hydrogens (tertiary/aromatic N) is 3. The molecule has 6 heteroatoms. The van der Waals surface area contributed by atoms with Gasteiger partial charge >= 0.3 is 0 Å². The molecule has 0 radical (unpaired) electrons. The van der Waals surface area contributed by atoms with Crippen molar-refractivity contribution in [1.29, 1.82) is 0 Å². The van der Waals surface area contributed by atoms with Crippen LogP contribution in [0.4, 0.5) is 5.69 Å². The van der Waals surface area contributed by atoms with Crippen LogP contribution in [0, 0.1) is 0 Å². The van der Waals surface area contributed by atoms with E-state index in [0.29, 0.717) is 33.5 Å². The Hall–Kier alpha value is -3.04. The molecule has 0 bridgehead atoms. The van der Waals surface area contributed by atoms with Gasteiger partial charge in [0.1, 0.15) is 17.0 Å². The average molecular weight is 536 g/mol. The van der Waals surface area contributed by atoms with Gasteiger partial charge in [-0.3, -0.25) is 9.98 Å². The number of aromatic hydroxyl groups is 2. The summed E-state index contributed by atoms with van der Waals surface area (Å²) in [5.41, 5.74) is 3.87. The normalized spacial score (nSPS) is 10.8. The smallest absolute Gasteiger partial charge is 0.124 e. The quantitative estimate of drug-likeness (QED) is 0.379. The first kappa shape index (κ1) is 18.7. The second-order valence-electron chi connectivity index (χ2n) is 5.73. The zero-order valence-corrected chi connectivity index (χ0v) is 16.3. The molecule has 0 aliphatic carbocycles. The zero-order valence-electron chi connectivity index (χ0n) is 14.1. The number of rotatable bonds is 3. The standard InChI is InChI=1S/C21H15N3O2.Pt/c25-19-7-3-1-5-14(19)13-23-18-11-12-22-17-10-9-16(24-21(17)18)15-6-2-4-8-20(15)26;/h1-13,25-26H;. The summed E-state index contributed by atoms with van der Waals surface area (Å²) in [7, 11) is 0. The van der Waals surface area contributed by atoms with Gasteiger partial charge in [-0.2, -0.15) is 0 Å². The van der Waals surface area contributed by atoms with Crippen LogP contribution >= 0.6 is 0 Å². The van der Waals surface area contributed by atoms with Crippen LogP contribution < -0.4 is 0 Å². The predicted octanol–water partition coefficient (Wildman–Crippen LogP) is 4.46. The van der Waals surface area contributed by atoms with Gasteiger partial charge in [-0.15, -0.1) is 0 Å². The van der Waals surface area contributed by atoms with Crippen molar-refractivity contribution in [2.24, 2.45) is 4.99 Å². The van der Waals surface area contributed by atoms with Crippen LogP contribution in [0.15, 0.2) is 77.9 Å². The molecule has 0 atom stereocenters. The van der Waals surface area contributed by atoms with Crippen molar-refractivity contribution >= 4 is 22.9 Å². The van der Waals surface area contributed by atoms with Crippen molar-refractivity contribution in [3.05, 3.63) is 78.5 Å². The second kappa shape index (κ2) is 8.10. The van der Waals surface area contributed by atoms with Gasteiger partial charge in [0.15, 0.2) is 0 Å². The number of phenols is 2. The Bertz CT molecular complexity index is 1130. The molecule has 0 saturated heterocycles. The van der Waals surface area contributed by atoms with Crippen LogP contribution in [0.3, 0.4) is 0 Å². The fourth-order valence-corrected chi connectivity index (χ4v) is 2.69. The monoisotopic (exact) mass is 536 g/mol. The van der Waals surface area contributed by atoms with Crippen LogP contribution in [0.2, 0.25) is 0 Å². The predicted molar refractivity (Wildman–Crippen MR) is 102 cm³/mol. The third-order valence-corrected chi connectivity index (χ3v) is 4.02. The molecule has 0 spiro atoms.